The zero-order valence-corrected chi connectivity index (χ0v) is 18.9. The zero-order chi connectivity index (χ0) is 20.1. The van der Waals surface area contributed by atoms with E-state index >= 15 is 0 Å². The van der Waals surface area contributed by atoms with Gasteiger partial charge in [-0.3, -0.25) is 15.0 Å². The summed E-state index contributed by atoms with van der Waals surface area (Å²) in [5.74, 6) is 0.462. The lowest BCUT2D eigenvalue weighted by atomic mass is 9.92. The molecule has 27 heavy (non-hydrogen) atoms. The molecule has 5 heteroatoms. The smallest absolute Gasteiger partial charge is 0.0565 e. The van der Waals surface area contributed by atoms with Gasteiger partial charge < -0.3 is 5.32 Å². The van der Waals surface area contributed by atoms with Crippen molar-refractivity contribution in [2.45, 2.75) is 59.9 Å². The lowest BCUT2D eigenvalue weighted by Gasteiger charge is -2.18. The van der Waals surface area contributed by atoms with E-state index in [0.29, 0.717) is 5.92 Å². The fourth-order valence-corrected chi connectivity index (χ4v) is 3.14. The summed E-state index contributed by atoms with van der Waals surface area (Å²) in [6.07, 6.45) is 12.3. The molecule has 0 aliphatic heterocycles. The topological polar surface area (TPSA) is 49.6 Å². The summed E-state index contributed by atoms with van der Waals surface area (Å²) >= 11 is 3.57. The summed E-state index contributed by atoms with van der Waals surface area (Å²) in [5, 5.41) is 3.48. The summed E-state index contributed by atoms with van der Waals surface area (Å²) in [6.45, 7) is 9.35. The largest absolute Gasteiger partial charge is 0.384 e. The van der Waals surface area contributed by atoms with Gasteiger partial charge in [0.2, 0.25) is 0 Å². The monoisotopic (exact) mass is 432 g/mol. The first-order chi connectivity index (χ1) is 13.0. The second-order valence-electron chi connectivity index (χ2n) is 6.67. The highest BCUT2D eigenvalue weighted by atomic mass is 79.9. The third kappa shape index (κ3) is 9.14. The van der Waals surface area contributed by atoms with Gasteiger partial charge in [-0.1, -0.05) is 32.8 Å². The first-order valence-electron chi connectivity index (χ1n) is 9.69. The molecule has 0 bridgehead atoms. The van der Waals surface area contributed by atoms with Crippen LogP contribution in [0, 0.1) is 5.92 Å². The van der Waals surface area contributed by atoms with Crippen LogP contribution in [-0.2, 0) is 6.54 Å². The van der Waals surface area contributed by atoms with Crippen molar-refractivity contribution >= 4 is 27.9 Å². The van der Waals surface area contributed by atoms with E-state index in [1.807, 2.05) is 19.2 Å². The van der Waals surface area contributed by atoms with Gasteiger partial charge in [0.25, 0.3) is 0 Å². The number of aliphatic imine (C=N–C) groups is 2. The third-order valence-electron chi connectivity index (χ3n) is 4.24. The number of hydrogen-bond acceptors (Lipinski definition) is 4. The second kappa shape index (κ2) is 13.4. The van der Waals surface area contributed by atoms with Crippen LogP contribution in [-0.4, -0.2) is 24.0 Å². The molecule has 0 atom stereocenters. The summed E-state index contributed by atoms with van der Waals surface area (Å²) in [4.78, 5) is 13.2. The van der Waals surface area contributed by atoms with E-state index in [0.717, 1.165) is 53.8 Å². The summed E-state index contributed by atoms with van der Waals surface area (Å²) < 4.78 is 0.920. The van der Waals surface area contributed by atoms with E-state index in [1.165, 1.54) is 5.56 Å². The molecular formula is C22H33BrN4. The van der Waals surface area contributed by atoms with Crippen LogP contribution < -0.4 is 5.32 Å². The Balaban J connectivity index is 3.09. The van der Waals surface area contributed by atoms with Gasteiger partial charge in [0.15, 0.2) is 0 Å². The number of nitrogens with one attached hydrogen (secondary N) is 1. The van der Waals surface area contributed by atoms with Crippen LogP contribution in [0.1, 0.15) is 58.9 Å². The van der Waals surface area contributed by atoms with Crippen molar-refractivity contribution in [1.29, 1.82) is 0 Å². The number of rotatable bonds is 11. The Bertz CT molecular complexity index is 669. The first-order valence-corrected chi connectivity index (χ1v) is 10.5. The predicted molar refractivity (Wildman–Crippen MR) is 122 cm³/mol. The van der Waals surface area contributed by atoms with Crippen LogP contribution in [0.4, 0.5) is 0 Å². The lowest BCUT2D eigenvalue weighted by Crippen LogP contribution is -2.17. The highest BCUT2D eigenvalue weighted by Gasteiger charge is 2.14. The molecule has 0 unspecified atom stereocenters. The van der Waals surface area contributed by atoms with Gasteiger partial charge in [-0.05, 0) is 60.3 Å². The molecule has 0 fully saturated rings. The molecule has 0 aliphatic rings. The second-order valence-corrected chi connectivity index (χ2v) is 7.53. The molecule has 4 nitrogen and oxygen atoms in total. The predicted octanol–water partition coefficient (Wildman–Crippen LogP) is 6.06. The fourth-order valence-electron chi connectivity index (χ4n) is 2.85. The highest BCUT2D eigenvalue weighted by Crippen LogP contribution is 2.20. The quantitative estimate of drug-likeness (QED) is 0.431. The molecule has 0 saturated heterocycles. The van der Waals surface area contributed by atoms with Crippen molar-refractivity contribution < 1.29 is 0 Å². The van der Waals surface area contributed by atoms with Crippen molar-refractivity contribution in [3.63, 3.8) is 0 Å². The molecular weight excluding hydrogens is 400 g/mol. The van der Waals surface area contributed by atoms with Crippen LogP contribution in [0.2, 0.25) is 0 Å². The molecule has 0 amide bonds. The fraction of sp³-hybridized carbons (Fsp3) is 0.500. The van der Waals surface area contributed by atoms with Crippen molar-refractivity contribution in [1.82, 2.24) is 10.3 Å². The first kappa shape index (κ1) is 23.3. The van der Waals surface area contributed by atoms with E-state index in [-0.39, 0.29) is 0 Å². The van der Waals surface area contributed by atoms with E-state index in [4.69, 9.17) is 4.99 Å². The number of pyridine rings is 1. The maximum absolute atomic E-state index is 4.96. The minimum Gasteiger partial charge on any atom is -0.384 e. The van der Waals surface area contributed by atoms with E-state index < -0.39 is 0 Å². The molecule has 1 aromatic heterocycles. The summed E-state index contributed by atoms with van der Waals surface area (Å²) in [7, 11) is 1.77. The maximum Gasteiger partial charge on any atom is 0.0565 e. The van der Waals surface area contributed by atoms with Crippen molar-refractivity contribution in [2.24, 2.45) is 15.9 Å². The Labute approximate surface area is 173 Å². The molecule has 148 valence electrons. The summed E-state index contributed by atoms with van der Waals surface area (Å²) in [6, 6.07) is 4.04. The van der Waals surface area contributed by atoms with Gasteiger partial charge in [-0.2, -0.15) is 0 Å². The van der Waals surface area contributed by atoms with Gasteiger partial charge in [-0.25, -0.2) is 0 Å². The molecule has 1 rings (SSSR count). The minimum absolute atomic E-state index is 0.462. The molecule has 1 aromatic rings. The van der Waals surface area contributed by atoms with E-state index in [1.54, 1.807) is 19.5 Å². The van der Waals surface area contributed by atoms with E-state index in [2.05, 4.69) is 64.1 Å². The number of aromatic nitrogens is 1. The molecule has 0 spiro atoms. The Hall–Kier alpha value is -1.75. The highest BCUT2D eigenvalue weighted by molar-refractivity contribution is 9.12. The van der Waals surface area contributed by atoms with Gasteiger partial charge >= 0.3 is 0 Å². The average molecular weight is 433 g/mol. The van der Waals surface area contributed by atoms with Crippen LogP contribution in [0.15, 0.2) is 56.5 Å². The maximum atomic E-state index is 4.96. The molecule has 1 N–H and O–H groups in total. The van der Waals surface area contributed by atoms with Crippen molar-refractivity contribution in [3.05, 3.63) is 52.0 Å². The van der Waals surface area contributed by atoms with E-state index in [9.17, 15) is 0 Å². The molecule has 0 aromatic carbocycles. The van der Waals surface area contributed by atoms with Crippen molar-refractivity contribution in [3.8, 4) is 0 Å². The molecule has 0 aliphatic carbocycles. The Morgan fingerprint density at radius 3 is 2.52 bits per heavy atom. The van der Waals surface area contributed by atoms with Crippen LogP contribution in [0.3, 0.4) is 0 Å². The van der Waals surface area contributed by atoms with Crippen LogP contribution in [0.25, 0.3) is 0 Å². The van der Waals surface area contributed by atoms with Gasteiger partial charge in [-0.15, -0.1) is 0 Å². The number of hydrogen-bond donors (Lipinski definition) is 1. The minimum atomic E-state index is 0.462. The summed E-state index contributed by atoms with van der Waals surface area (Å²) in [5.41, 5.74) is 4.36. The van der Waals surface area contributed by atoms with Gasteiger partial charge in [0, 0.05) is 49.5 Å². The molecule has 1 heterocycles. The molecule has 0 radical (unpaired) electrons. The number of halogens is 1. The van der Waals surface area contributed by atoms with Gasteiger partial charge in [0.1, 0.15) is 0 Å². The van der Waals surface area contributed by atoms with Crippen LogP contribution >= 0.6 is 15.9 Å². The molecule has 0 saturated carbocycles. The van der Waals surface area contributed by atoms with Crippen LogP contribution in [0.5, 0.6) is 0 Å². The lowest BCUT2D eigenvalue weighted by molar-refractivity contribution is 0.559. The SMILES string of the molecule is CCCC(CCC)C(/C=C(\C)NCc1cccnc1)=N/C(C)=C(\Br)C=NC. The Morgan fingerprint density at radius 1 is 1.26 bits per heavy atom. The number of allylic oxidation sites excluding steroid dienone is 4. The Kier molecular flexibility index (Phi) is 11.6. The number of nitrogens with zero attached hydrogens (tertiary/aromatic N) is 3. The zero-order valence-electron chi connectivity index (χ0n) is 17.3. The van der Waals surface area contributed by atoms with Crippen molar-refractivity contribution in [2.75, 3.05) is 7.05 Å². The third-order valence-corrected chi connectivity index (χ3v) is 5.01. The average Bonchev–Trinajstić information content (AvgIpc) is 2.66. The normalized spacial score (nSPS) is 14.0. The standard InChI is InChI=1S/C22H33BrN4/c1-6-9-20(10-7-2)22(27-18(4)21(23)16-24-5)13-17(3)26-15-19-11-8-12-25-14-19/h8,11-14,16,20,26H,6-7,9-10,15H2,1-5H3/b17-13+,21-18-,24-16?,27-22+. The Morgan fingerprint density at radius 2 is 1.96 bits per heavy atom. The van der Waals surface area contributed by atoms with Gasteiger partial charge in [0.05, 0.1) is 10.2 Å².